The highest BCUT2D eigenvalue weighted by molar-refractivity contribution is 7.17. The standard InChI is InChI=1S/C24H28N2O7S/c1-14(2)33-24(30)21-17-9-4-5-10-18(17)34-23(21)26-19(27)13-32-20(28)12-25-22(29)15-7-6-8-16(11-15)31-3/h6-8,11,14H,4-5,9-10,12-13H2,1-3H3,(H,25,29)(H,26,27). The average molecular weight is 489 g/mol. The molecule has 0 radical (unpaired) electrons. The van der Waals surface area contributed by atoms with Gasteiger partial charge in [-0.3, -0.25) is 14.4 Å². The van der Waals surface area contributed by atoms with Gasteiger partial charge in [-0.05, 0) is 63.3 Å². The van der Waals surface area contributed by atoms with E-state index in [2.05, 4.69) is 10.6 Å². The van der Waals surface area contributed by atoms with Crippen molar-refractivity contribution in [3.8, 4) is 5.75 Å². The first-order chi connectivity index (χ1) is 16.3. The van der Waals surface area contributed by atoms with Crippen LogP contribution in [0.1, 0.15) is 57.8 Å². The average Bonchev–Trinajstić information content (AvgIpc) is 3.18. The molecule has 9 nitrogen and oxygen atoms in total. The number of benzene rings is 1. The fourth-order valence-corrected chi connectivity index (χ4v) is 4.82. The van der Waals surface area contributed by atoms with Crippen molar-refractivity contribution in [1.82, 2.24) is 5.32 Å². The predicted molar refractivity (Wildman–Crippen MR) is 126 cm³/mol. The van der Waals surface area contributed by atoms with Crippen LogP contribution >= 0.6 is 11.3 Å². The molecule has 0 bridgehead atoms. The summed E-state index contributed by atoms with van der Waals surface area (Å²) < 4.78 is 15.4. The van der Waals surface area contributed by atoms with Crippen LogP contribution in [0.15, 0.2) is 24.3 Å². The van der Waals surface area contributed by atoms with Crippen LogP contribution in [0.25, 0.3) is 0 Å². The Balaban J connectivity index is 1.54. The number of hydrogen-bond donors (Lipinski definition) is 2. The number of hydrogen-bond acceptors (Lipinski definition) is 8. The van der Waals surface area contributed by atoms with E-state index in [0.29, 0.717) is 21.9 Å². The largest absolute Gasteiger partial charge is 0.497 e. The normalized spacial score (nSPS) is 12.5. The molecular weight excluding hydrogens is 460 g/mol. The molecule has 34 heavy (non-hydrogen) atoms. The summed E-state index contributed by atoms with van der Waals surface area (Å²) in [6.07, 6.45) is 3.31. The van der Waals surface area contributed by atoms with Crippen molar-refractivity contribution in [2.75, 3.05) is 25.6 Å². The molecule has 0 spiro atoms. The van der Waals surface area contributed by atoms with Gasteiger partial charge in [0, 0.05) is 10.4 Å². The van der Waals surface area contributed by atoms with E-state index in [4.69, 9.17) is 14.2 Å². The molecule has 1 aromatic heterocycles. The molecule has 2 N–H and O–H groups in total. The third kappa shape index (κ3) is 6.57. The highest BCUT2D eigenvalue weighted by Crippen LogP contribution is 2.38. The minimum atomic E-state index is -0.767. The Morgan fingerprint density at radius 1 is 1.12 bits per heavy atom. The molecule has 0 aliphatic heterocycles. The summed E-state index contributed by atoms with van der Waals surface area (Å²) >= 11 is 1.35. The summed E-state index contributed by atoms with van der Waals surface area (Å²) in [6.45, 7) is 2.58. The summed E-state index contributed by atoms with van der Waals surface area (Å²) in [4.78, 5) is 50.3. The zero-order valence-corrected chi connectivity index (χ0v) is 20.2. The third-order valence-corrected chi connectivity index (χ3v) is 6.27. The van der Waals surface area contributed by atoms with Gasteiger partial charge in [0.05, 0.1) is 18.8 Å². The van der Waals surface area contributed by atoms with Gasteiger partial charge >= 0.3 is 11.9 Å². The SMILES string of the molecule is COc1cccc(C(=O)NCC(=O)OCC(=O)Nc2sc3c(c2C(=O)OC(C)C)CCCC3)c1. The Hall–Kier alpha value is -3.40. The van der Waals surface area contributed by atoms with Gasteiger partial charge in [0.25, 0.3) is 11.8 Å². The first-order valence-corrected chi connectivity index (χ1v) is 11.8. The van der Waals surface area contributed by atoms with Gasteiger partial charge in [0.15, 0.2) is 6.61 Å². The molecule has 2 aromatic rings. The van der Waals surface area contributed by atoms with Crippen LogP contribution < -0.4 is 15.4 Å². The second-order valence-corrected chi connectivity index (χ2v) is 9.10. The fraction of sp³-hybridized carbons (Fsp3) is 0.417. The Morgan fingerprint density at radius 3 is 2.62 bits per heavy atom. The van der Waals surface area contributed by atoms with Gasteiger partial charge < -0.3 is 24.8 Å². The molecule has 2 amide bonds. The van der Waals surface area contributed by atoms with Crippen molar-refractivity contribution < 1.29 is 33.4 Å². The van der Waals surface area contributed by atoms with E-state index in [1.54, 1.807) is 32.0 Å². The van der Waals surface area contributed by atoms with Crippen molar-refractivity contribution in [3.05, 3.63) is 45.8 Å². The molecule has 1 aliphatic carbocycles. The first kappa shape index (κ1) is 25.2. The van der Waals surface area contributed by atoms with Crippen LogP contribution in [0, 0.1) is 0 Å². The smallest absolute Gasteiger partial charge is 0.341 e. The summed E-state index contributed by atoms with van der Waals surface area (Å²) in [7, 11) is 1.49. The lowest BCUT2D eigenvalue weighted by Crippen LogP contribution is -2.32. The van der Waals surface area contributed by atoms with E-state index in [1.807, 2.05) is 0 Å². The molecule has 1 aromatic carbocycles. The van der Waals surface area contributed by atoms with Crippen molar-refractivity contribution in [2.24, 2.45) is 0 Å². The second kappa shape index (κ2) is 11.6. The molecular formula is C24H28N2O7S. The minimum Gasteiger partial charge on any atom is -0.497 e. The lowest BCUT2D eigenvalue weighted by molar-refractivity contribution is -0.146. The Morgan fingerprint density at radius 2 is 1.88 bits per heavy atom. The monoisotopic (exact) mass is 488 g/mol. The number of aryl methyl sites for hydroxylation is 1. The molecule has 1 aliphatic rings. The molecule has 0 saturated carbocycles. The lowest BCUT2D eigenvalue weighted by atomic mass is 9.95. The summed E-state index contributed by atoms with van der Waals surface area (Å²) in [6, 6.07) is 6.47. The highest BCUT2D eigenvalue weighted by Gasteiger charge is 2.28. The van der Waals surface area contributed by atoms with E-state index in [1.165, 1.54) is 24.5 Å². The van der Waals surface area contributed by atoms with E-state index in [0.717, 1.165) is 36.1 Å². The zero-order valence-electron chi connectivity index (χ0n) is 19.4. The molecule has 0 saturated heterocycles. The van der Waals surface area contributed by atoms with Crippen LogP contribution in [0.3, 0.4) is 0 Å². The van der Waals surface area contributed by atoms with Crippen LogP contribution in [0.4, 0.5) is 5.00 Å². The molecule has 0 fully saturated rings. The molecule has 1 heterocycles. The quantitative estimate of drug-likeness (QED) is 0.521. The molecule has 10 heteroatoms. The van der Waals surface area contributed by atoms with Gasteiger partial charge in [-0.1, -0.05) is 6.07 Å². The maximum atomic E-state index is 12.7. The van der Waals surface area contributed by atoms with E-state index in [-0.39, 0.29) is 6.10 Å². The van der Waals surface area contributed by atoms with Crippen molar-refractivity contribution in [3.63, 3.8) is 0 Å². The van der Waals surface area contributed by atoms with Gasteiger partial charge in [-0.15, -0.1) is 11.3 Å². The number of carbonyl (C=O) groups is 4. The third-order valence-electron chi connectivity index (χ3n) is 5.06. The zero-order chi connectivity index (χ0) is 24.7. The van der Waals surface area contributed by atoms with E-state index in [9.17, 15) is 19.2 Å². The molecule has 0 atom stereocenters. The number of carbonyl (C=O) groups excluding carboxylic acids is 4. The van der Waals surface area contributed by atoms with Gasteiger partial charge in [-0.2, -0.15) is 0 Å². The topological polar surface area (TPSA) is 120 Å². The fourth-order valence-electron chi connectivity index (χ4n) is 3.52. The number of amides is 2. The van der Waals surface area contributed by atoms with Crippen LogP contribution in [-0.2, 0) is 31.9 Å². The summed E-state index contributed by atoms with van der Waals surface area (Å²) in [5.41, 5.74) is 1.64. The maximum absolute atomic E-state index is 12.7. The number of fused-ring (bicyclic) bond motifs is 1. The van der Waals surface area contributed by atoms with Crippen molar-refractivity contribution >= 4 is 40.1 Å². The number of nitrogens with one attached hydrogen (secondary N) is 2. The predicted octanol–water partition coefficient (Wildman–Crippen LogP) is 3.11. The second-order valence-electron chi connectivity index (χ2n) is 7.99. The van der Waals surface area contributed by atoms with Gasteiger partial charge in [0.1, 0.15) is 17.3 Å². The number of ether oxygens (including phenoxy) is 3. The number of anilines is 1. The van der Waals surface area contributed by atoms with Crippen molar-refractivity contribution in [2.45, 2.75) is 45.6 Å². The van der Waals surface area contributed by atoms with Crippen LogP contribution in [-0.4, -0.2) is 50.1 Å². The van der Waals surface area contributed by atoms with E-state index < -0.39 is 36.9 Å². The van der Waals surface area contributed by atoms with Crippen molar-refractivity contribution in [1.29, 1.82) is 0 Å². The van der Waals surface area contributed by atoms with Gasteiger partial charge in [-0.25, -0.2) is 4.79 Å². The lowest BCUT2D eigenvalue weighted by Gasteiger charge is -2.14. The Labute approximate surface area is 201 Å². The van der Waals surface area contributed by atoms with E-state index >= 15 is 0 Å². The Kier molecular flexibility index (Phi) is 8.64. The van der Waals surface area contributed by atoms with Gasteiger partial charge in [0.2, 0.25) is 0 Å². The number of rotatable bonds is 9. The maximum Gasteiger partial charge on any atom is 0.341 e. The Bertz CT molecular complexity index is 1080. The molecule has 182 valence electrons. The minimum absolute atomic E-state index is 0.289. The number of methoxy groups -OCH3 is 1. The summed E-state index contributed by atoms with van der Waals surface area (Å²) in [5.74, 6) is -1.78. The first-order valence-electron chi connectivity index (χ1n) is 11.0. The molecule has 3 rings (SSSR count). The summed E-state index contributed by atoms with van der Waals surface area (Å²) in [5, 5.41) is 5.53. The molecule has 0 unspecified atom stereocenters. The van der Waals surface area contributed by atoms with Crippen LogP contribution in [0.5, 0.6) is 5.75 Å². The number of esters is 2. The van der Waals surface area contributed by atoms with Crippen LogP contribution in [0.2, 0.25) is 0 Å². The number of thiophene rings is 1. The highest BCUT2D eigenvalue weighted by atomic mass is 32.1.